The lowest BCUT2D eigenvalue weighted by molar-refractivity contribution is 0.0691. The molecule has 8 heteroatoms. The number of hydrogen-bond acceptors (Lipinski definition) is 4. The second-order valence-electron chi connectivity index (χ2n) is 5.82. The van der Waals surface area contributed by atoms with Crippen LogP contribution < -0.4 is 0 Å². The van der Waals surface area contributed by atoms with Gasteiger partial charge in [0.15, 0.2) is 0 Å². The number of carbonyl (C=O) groups excluding carboxylic acids is 1. The van der Waals surface area contributed by atoms with Gasteiger partial charge in [-0.25, -0.2) is 0 Å². The van der Waals surface area contributed by atoms with Gasteiger partial charge >= 0.3 is 0 Å². The van der Waals surface area contributed by atoms with Crippen molar-refractivity contribution in [3.63, 3.8) is 0 Å². The van der Waals surface area contributed by atoms with Crippen molar-refractivity contribution in [2.24, 2.45) is 0 Å². The number of carbonyl (C=O) groups is 1. The van der Waals surface area contributed by atoms with Gasteiger partial charge in [-0.2, -0.15) is 17.0 Å². The van der Waals surface area contributed by atoms with Crippen LogP contribution in [0.15, 0.2) is 24.3 Å². The SMILES string of the molecule is O=C(c1ccccc1O)N1CCN(S(=O)(=O)N2CCCC2)CC1. The van der Waals surface area contributed by atoms with Gasteiger partial charge in [-0.15, -0.1) is 0 Å². The van der Waals surface area contributed by atoms with Crippen LogP contribution in [0.5, 0.6) is 5.75 Å². The molecule has 0 saturated carbocycles. The normalized spacial score (nSPS) is 20.8. The minimum atomic E-state index is -3.40. The summed E-state index contributed by atoms with van der Waals surface area (Å²) in [5, 5.41) is 9.78. The Kier molecular flexibility index (Phi) is 4.56. The van der Waals surface area contributed by atoms with Crippen LogP contribution in [0.2, 0.25) is 0 Å². The number of phenols is 1. The molecule has 2 heterocycles. The zero-order chi connectivity index (χ0) is 16.4. The number of aromatic hydroxyl groups is 1. The lowest BCUT2D eigenvalue weighted by Crippen LogP contribution is -2.53. The van der Waals surface area contributed by atoms with E-state index in [1.54, 1.807) is 23.1 Å². The van der Waals surface area contributed by atoms with Crippen LogP contribution in [0.4, 0.5) is 0 Å². The molecule has 1 amide bonds. The molecule has 2 aliphatic rings. The molecule has 0 atom stereocenters. The molecule has 0 spiro atoms. The fraction of sp³-hybridized carbons (Fsp3) is 0.533. The van der Waals surface area contributed by atoms with Crippen molar-refractivity contribution in [3.8, 4) is 5.75 Å². The van der Waals surface area contributed by atoms with E-state index in [0.717, 1.165) is 12.8 Å². The van der Waals surface area contributed by atoms with Crippen LogP contribution in [0, 0.1) is 0 Å². The summed E-state index contributed by atoms with van der Waals surface area (Å²) in [6.07, 6.45) is 1.82. The maximum absolute atomic E-state index is 12.5. The number of para-hydroxylation sites is 1. The van der Waals surface area contributed by atoms with Crippen molar-refractivity contribution in [1.82, 2.24) is 13.5 Å². The summed E-state index contributed by atoms with van der Waals surface area (Å²) in [5.74, 6) is -0.314. The summed E-state index contributed by atoms with van der Waals surface area (Å²) < 4.78 is 28.0. The van der Waals surface area contributed by atoms with E-state index in [2.05, 4.69) is 0 Å². The Morgan fingerprint density at radius 3 is 2.09 bits per heavy atom. The zero-order valence-electron chi connectivity index (χ0n) is 12.9. The van der Waals surface area contributed by atoms with E-state index < -0.39 is 10.2 Å². The Morgan fingerprint density at radius 1 is 0.913 bits per heavy atom. The minimum Gasteiger partial charge on any atom is -0.507 e. The molecular formula is C15H21N3O4S. The van der Waals surface area contributed by atoms with Crippen LogP contribution in [0.3, 0.4) is 0 Å². The average molecular weight is 339 g/mol. The number of benzene rings is 1. The van der Waals surface area contributed by atoms with E-state index in [1.165, 1.54) is 14.7 Å². The molecule has 2 fully saturated rings. The summed E-state index contributed by atoms with van der Waals surface area (Å²) in [6, 6.07) is 6.40. The van der Waals surface area contributed by atoms with E-state index in [4.69, 9.17) is 0 Å². The highest BCUT2D eigenvalue weighted by Crippen LogP contribution is 2.21. The number of hydrogen-bond donors (Lipinski definition) is 1. The van der Waals surface area contributed by atoms with Crippen molar-refractivity contribution < 1.29 is 18.3 Å². The van der Waals surface area contributed by atoms with Gasteiger partial charge in [0.2, 0.25) is 0 Å². The highest BCUT2D eigenvalue weighted by Gasteiger charge is 2.35. The van der Waals surface area contributed by atoms with Gasteiger partial charge in [-0.05, 0) is 25.0 Å². The van der Waals surface area contributed by atoms with Crippen molar-refractivity contribution in [1.29, 1.82) is 0 Å². The van der Waals surface area contributed by atoms with Crippen LogP contribution in [0.25, 0.3) is 0 Å². The van der Waals surface area contributed by atoms with Gasteiger partial charge < -0.3 is 10.0 Å². The van der Waals surface area contributed by atoms with Gasteiger partial charge in [-0.3, -0.25) is 4.79 Å². The molecule has 0 aliphatic carbocycles. The summed E-state index contributed by atoms with van der Waals surface area (Å²) in [7, 11) is -3.40. The summed E-state index contributed by atoms with van der Waals surface area (Å²) in [6.45, 7) is 2.41. The van der Waals surface area contributed by atoms with Crippen molar-refractivity contribution >= 4 is 16.1 Å². The molecule has 1 aromatic carbocycles. The van der Waals surface area contributed by atoms with Crippen LogP contribution >= 0.6 is 0 Å². The Bertz CT molecular complexity index is 678. The van der Waals surface area contributed by atoms with Gasteiger partial charge in [-0.1, -0.05) is 12.1 Å². The molecule has 7 nitrogen and oxygen atoms in total. The predicted octanol–water partition coefficient (Wildman–Crippen LogP) is 0.491. The summed E-state index contributed by atoms with van der Waals surface area (Å²) in [5.41, 5.74) is 0.253. The molecule has 0 bridgehead atoms. The van der Waals surface area contributed by atoms with E-state index in [-0.39, 0.29) is 30.3 Å². The fourth-order valence-corrected chi connectivity index (χ4v) is 4.70. The van der Waals surface area contributed by atoms with Crippen molar-refractivity contribution in [2.45, 2.75) is 12.8 Å². The quantitative estimate of drug-likeness (QED) is 0.869. The monoisotopic (exact) mass is 339 g/mol. The maximum Gasteiger partial charge on any atom is 0.282 e. The average Bonchev–Trinajstić information content (AvgIpc) is 3.10. The van der Waals surface area contributed by atoms with E-state index >= 15 is 0 Å². The number of nitrogens with zero attached hydrogens (tertiary/aromatic N) is 3. The molecule has 0 aromatic heterocycles. The van der Waals surface area contributed by atoms with E-state index in [0.29, 0.717) is 26.2 Å². The number of rotatable bonds is 3. The van der Waals surface area contributed by atoms with Gasteiger partial charge in [0, 0.05) is 39.3 Å². The highest BCUT2D eigenvalue weighted by molar-refractivity contribution is 7.86. The van der Waals surface area contributed by atoms with Crippen LogP contribution in [-0.4, -0.2) is 72.2 Å². The lowest BCUT2D eigenvalue weighted by atomic mass is 10.1. The van der Waals surface area contributed by atoms with Crippen LogP contribution in [-0.2, 0) is 10.2 Å². The molecule has 126 valence electrons. The number of amides is 1. The number of phenolic OH excluding ortho intramolecular Hbond substituents is 1. The Labute approximate surface area is 136 Å². The largest absolute Gasteiger partial charge is 0.507 e. The van der Waals surface area contributed by atoms with Gasteiger partial charge in [0.25, 0.3) is 16.1 Å². The molecule has 1 N–H and O–H groups in total. The first-order valence-corrected chi connectivity index (χ1v) is 9.22. The third-order valence-electron chi connectivity index (χ3n) is 4.38. The molecule has 2 saturated heterocycles. The maximum atomic E-state index is 12.5. The highest BCUT2D eigenvalue weighted by atomic mass is 32.2. The lowest BCUT2D eigenvalue weighted by Gasteiger charge is -2.35. The third kappa shape index (κ3) is 3.19. The van der Waals surface area contributed by atoms with E-state index in [1.807, 2.05) is 0 Å². The predicted molar refractivity (Wildman–Crippen MR) is 85.3 cm³/mol. The standard InChI is InChI=1S/C15H21N3O4S/c19-14-6-2-1-5-13(14)15(20)16-9-11-18(12-10-16)23(21,22)17-7-3-4-8-17/h1-2,5-6,19H,3-4,7-12H2. The smallest absolute Gasteiger partial charge is 0.282 e. The molecule has 3 rings (SSSR count). The van der Waals surface area contributed by atoms with Crippen molar-refractivity contribution in [2.75, 3.05) is 39.3 Å². The number of piperazine rings is 1. The molecule has 2 aliphatic heterocycles. The second-order valence-corrected chi connectivity index (χ2v) is 7.75. The first-order valence-electron chi connectivity index (χ1n) is 7.82. The molecule has 23 heavy (non-hydrogen) atoms. The molecular weight excluding hydrogens is 318 g/mol. The van der Waals surface area contributed by atoms with Gasteiger partial charge in [0.05, 0.1) is 5.56 Å². The Balaban J connectivity index is 1.64. The molecule has 0 radical (unpaired) electrons. The summed E-state index contributed by atoms with van der Waals surface area (Å²) >= 11 is 0. The summed E-state index contributed by atoms with van der Waals surface area (Å²) in [4.78, 5) is 14.0. The zero-order valence-corrected chi connectivity index (χ0v) is 13.7. The van der Waals surface area contributed by atoms with Crippen LogP contribution in [0.1, 0.15) is 23.2 Å². The molecule has 0 unspecified atom stereocenters. The van der Waals surface area contributed by atoms with E-state index in [9.17, 15) is 18.3 Å². The van der Waals surface area contributed by atoms with Crippen molar-refractivity contribution in [3.05, 3.63) is 29.8 Å². The third-order valence-corrected chi connectivity index (χ3v) is 6.41. The fourth-order valence-electron chi connectivity index (χ4n) is 3.03. The Morgan fingerprint density at radius 2 is 1.48 bits per heavy atom. The second kappa shape index (κ2) is 6.46. The first kappa shape index (κ1) is 16.2. The molecule has 1 aromatic rings. The Hall–Kier alpha value is -1.64. The van der Waals surface area contributed by atoms with Gasteiger partial charge in [0.1, 0.15) is 5.75 Å². The minimum absolute atomic E-state index is 0.0513. The first-order chi connectivity index (χ1) is 11.0. The topological polar surface area (TPSA) is 81.2 Å².